The summed E-state index contributed by atoms with van der Waals surface area (Å²) < 4.78 is 0. The maximum Gasteiger partial charge on any atom is 0.173 e. The first-order valence-corrected chi connectivity index (χ1v) is 2.98. The molecular formula is C6H13NO2. The van der Waals surface area contributed by atoms with Gasteiger partial charge in [0.1, 0.15) is 0 Å². The van der Waals surface area contributed by atoms with Crippen molar-refractivity contribution in [2.24, 2.45) is 0 Å². The molecule has 0 saturated heterocycles. The number of hydrogen-bond donors (Lipinski definition) is 2. The standard InChI is InChI=1S/C6H13NO2/c1-4(2)7-6(9)5(3)8/h4,6-7,9H,1-3H3. The SMILES string of the molecule is CC(=O)C(O)NC(C)C. The number of hydrogen-bond acceptors (Lipinski definition) is 3. The Bertz CT molecular complexity index is 101. The second-order valence-corrected chi connectivity index (χ2v) is 2.33. The molecule has 0 aromatic carbocycles. The van der Waals surface area contributed by atoms with Gasteiger partial charge < -0.3 is 5.11 Å². The molecule has 54 valence electrons. The van der Waals surface area contributed by atoms with Crippen molar-refractivity contribution in [1.29, 1.82) is 0 Å². The molecule has 0 aliphatic carbocycles. The monoisotopic (exact) mass is 131 g/mol. The molecule has 0 bridgehead atoms. The number of carbonyl (C=O) groups excluding carboxylic acids is 1. The highest BCUT2D eigenvalue weighted by molar-refractivity contribution is 5.79. The lowest BCUT2D eigenvalue weighted by Gasteiger charge is -2.11. The zero-order valence-corrected chi connectivity index (χ0v) is 6.01. The summed E-state index contributed by atoms with van der Waals surface area (Å²) in [4.78, 5) is 10.4. The number of rotatable bonds is 3. The Labute approximate surface area is 55.1 Å². The van der Waals surface area contributed by atoms with Gasteiger partial charge in [-0.05, 0) is 20.8 Å². The topological polar surface area (TPSA) is 49.3 Å². The fourth-order valence-corrected chi connectivity index (χ4v) is 0.433. The highest BCUT2D eigenvalue weighted by atomic mass is 16.3. The minimum absolute atomic E-state index is 0.142. The molecule has 0 aliphatic heterocycles. The molecule has 0 rings (SSSR count). The van der Waals surface area contributed by atoms with Gasteiger partial charge in [-0.25, -0.2) is 0 Å². The number of nitrogens with one attached hydrogen (secondary N) is 1. The van der Waals surface area contributed by atoms with Crippen LogP contribution in [0.15, 0.2) is 0 Å². The fourth-order valence-electron chi connectivity index (χ4n) is 0.433. The van der Waals surface area contributed by atoms with Gasteiger partial charge in [0.15, 0.2) is 12.0 Å². The normalized spacial score (nSPS) is 13.9. The molecule has 3 heteroatoms. The first-order valence-electron chi connectivity index (χ1n) is 2.98. The van der Waals surface area contributed by atoms with Gasteiger partial charge in [0.05, 0.1) is 0 Å². The summed E-state index contributed by atoms with van der Waals surface area (Å²) in [6.45, 7) is 5.08. The van der Waals surface area contributed by atoms with Crippen LogP contribution in [0.5, 0.6) is 0 Å². The van der Waals surface area contributed by atoms with Crippen LogP contribution in [0.2, 0.25) is 0 Å². The lowest BCUT2D eigenvalue weighted by Crippen LogP contribution is -2.39. The van der Waals surface area contributed by atoms with Crippen LogP contribution in [0, 0.1) is 0 Å². The molecule has 0 heterocycles. The van der Waals surface area contributed by atoms with Gasteiger partial charge in [0.25, 0.3) is 0 Å². The van der Waals surface area contributed by atoms with Gasteiger partial charge in [0, 0.05) is 6.04 Å². The Morgan fingerprint density at radius 2 is 2.00 bits per heavy atom. The van der Waals surface area contributed by atoms with E-state index in [1.54, 1.807) is 0 Å². The van der Waals surface area contributed by atoms with Gasteiger partial charge in [-0.3, -0.25) is 10.1 Å². The summed E-state index contributed by atoms with van der Waals surface area (Å²) in [5.41, 5.74) is 0. The van der Waals surface area contributed by atoms with Crippen LogP contribution in [0.1, 0.15) is 20.8 Å². The van der Waals surface area contributed by atoms with Crippen molar-refractivity contribution < 1.29 is 9.90 Å². The third-order valence-corrected chi connectivity index (χ3v) is 0.876. The summed E-state index contributed by atoms with van der Waals surface area (Å²) >= 11 is 0. The van der Waals surface area contributed by atoms with Gasteiger partial charge >= 0.3 is 0 Å². The number of aliphatic hydroxyl groups is 1. The molecule has 0 spiro atoms. The molecular weight excluding hydrogens is 118 g/mol. The maximum absolute atomic E-state index is 10.4. The predicted molar refractivity (Wildman–Crippen MR) is 35.0 cm³/mol. The largest absolute Gasteiger partial charge is 0.371 e. The van der Waals surface area contributed by atoms with Gasteiger partial charge in [0.2, 0.25) is 0 Å². The van der Waals surface area contributed by atoms with E-state index in [1.807, 2.05) is 13.8 Å². The first-order chi connectivity index (χ1) is 4.04. The van der Waals surface area contributed by atoms with E-state index >= 15 is 0 Å². The zero-order valence-electron chi connectivity index (χ0n) is 6.01. The minimum atomic E-state index is -0.995. The molecule has 0 radical (unpaired) electrons. The number of Topliss-reactive ketones (excluding diaryl/α,β-unsaturated/α-hetero) is 1. The van der Waals surface area contributed by atoms with Gasteiger partial charge in [-0.15, -0.1) is 0 Å². The molecule has 2 N–H and O–H groups in total. The molecule has 1 atom stereocenters. The van der Waals surface area contributed by atoms with E-state index < -0.39 is 6.23 Å². The van der Waals surface area contributed by atoms with Crippen LogP contribution in [0.25, 0.3) is 0 Å². The van der Waals surface area contributed by atoms with Crippen molar-refractivity contribution in [2.75, 3.05) is 0 Å². The summed E-state index contributed by atoms with van der Waals surface area (Å²) in [6, 6.07) is 0.142. The third-order valence-electron chi connectivity index (χ3n) is 0.876. The molecule has 9 heavy (non-hydrogen) atoms. The van der Waals surface area contributed by atoms with E-state index in [-0.39, 0.29) is 11.8 Å². The Morgan fingerprint density at radius 1 is 1.56 bits per heavy atom. The predicted octanol–water partition coefficient (Wildman–Crippen LogP) is -0.108. The second-order valence-electron chi connectivity index (χ2n) is 2.33. The second kappa shape index (κ2) is 3.58. The highest BCUT2D eigenvalue weighted by Gasteiger charge is 2.08. The summed E-state index contributed by atoms with van der Waals surface area (Å²) in [5, 5.41) is 11.5. The molecule has 0 aromatic heterocycles. The van der Waals surface area contributed by atoms with Crippen LogP contribution in [-0.4, -0.2) is 23.2 Å². The van der Waals surface area contributed by atoms with E-state index in [2.05, 4.69) is 5.32 Å². The van der Waals surface area contributed by atoms with E-state index in [4.69, 9.17) is 5.11 Å². The highest BCUT2D eigenvalue weighted by Crippen LogP contribution is 1.83. The quantitative estimate of drug-likeness (QED) is 0.525. The average molecular weight is 131 g/mol. The van der Waals surface area contributed by atoms with Crippen LogP contribution in [-0.2, 0) is 4.79 Å². The number of carbonyl (C=O) groups is 1. The van der Waals surface area contributed by atoms with E-state index in [0.29, 0.717) is 0 Å². The Morgan fingerprint density at radius 3 is 2.11 bits per heavy atom. The fraction of sp³-hybridized carbons (Fsp3) is 0.833. The Hall–Kier alpha value is -0.410. The summed E-state index contributed by atoms with van der Waals surface area (Å²) in [7, 11) is 0. The molecule has 3 nitrogen and oxygen atoms in total. The minimum Gasteiger partial charge on any atom is -0.371 e. The van der Waals surface area contributed by atoms with Crippen LogP contribution < -0.4 is 5.32 Å². The van der Waals surface area contributed by atoms with Crippen molar-refractivity contribution in [3.8, 4) is 0 Å². The van der Waals surface area contributed by atoms with Gasteiger partial charge in [-0.1, -0.05) is 0 Å². The smallest absolute Gasteiger partial charge is 0.173 e. The van der Waals surface area contributed by atoms with Crippen molar-refractivity contribution in [3.05, 3.63) is 0 Å². The Kier molecular flexibility index (Phi) is 3.42. The zero-order chi connectivity index (χ0) is 7.44. The lowest BCUT2D eigenvalue weighted by molar-refractivity contribution is -0.126. The van der Waals surface area contributed by atoms with Crippen LogP contribution in [0.3, 0.4) is 0 Å². The first kappa shape index (κ1) is 8.59. The van der Waals surface area contributed by atoms with Crippen molar-refractivity contribution in [3.63, 3.8) is 0 Å². The van der Waals surface area contributed by atoms with E-state index in [9.17, 15) is 4.79 Å². The summed E-state index contributed by atoms with van der Waals surface area (Å²) in [5.74, 6) is -0.247. The van der Waals surface area contributed by atoms with Crippen molar-refractivity contribution in [2.45, 2.75) is 33.0 Å². The molecule has 0 aliphatic rings. The van der Waals surface area contributed by atoms with Crippen molar-refractivity contribution in [1.82, 2.24) is 5.32 Å². The molecule has 0 fully saturated rings. The van der Waals surface area contributed by atoms with E-state index in [0.717, 1.165) is 0 Å². The number of ketones is 1. The van der Waals surface area contributed by atoms with Crippen LogP contribution >= 0.6 is 0 Å². The van der Waals surface area contributed by atoms with Crippen molar-refractivity contribution >= 4 is 5.78 Å². The average Bonchev–Trinajstić information content (AvgIpc) is 1.63. The lowest BCUT2D eigenvalue weighted by atomic mass is 10.3. The van der Waals surface area contributed by atoms with Gasteiger partial charge in [-0.2, -0.15) is 0 Å². The Balaban J connectivity index is 3.50. The van der Waals surface area contributed by atoms with Crippen LogP contribution in [0.4, 0.5) is 0 Å². The number of aliphatic hydroxyl groups excluding tert-OH is 1. The third kappa shape index (κ3) is 4.12. The molecule has 0 amide bonds. The molecule has 0 saturated carbocycles. The molecule has 0 aromatic rings. The maximum atomic E-state index is 10.4. The van der Waals surface area contributed by atoms with E-state index in [1.165, 1.54) is 6.92 Å². The molecule has 1 unspecified atom stereocenters. The summed E-state index contributed by atoms with van der Waals surface area (Å²) in [6.07, 6.45) is -0.995.